The highest BCUT2D eigenvalue weighted by atomic mass is 35.5. The number of nitrogens with zero attached hydrogens (tertiary/aromatic N) is 2. The van der Waals surface area contributed by atoms with Crippen molar-refractivity contribution in [1.29, 1.82) is 5.26 Å². The van der Waals surface area contributed by atoms with E-state index in [2.05, 4.69) is 18.0 Å². The largest absolute Gasteiger partial charge is 0.493 e. The number of hydrogen-bond donors (Lipinski definition) is 0. The first kappa shape index (κ1) is 20.9. The minimum Gasteiger partial charge on any atom is -0.493 e. The maximum Gasteiger partial charge on any atom is 0.161 e. The Bertz CT molecular complexity index is 1040. The van der Waals surface area contributed by atoms with Crippen molar-refractivity contribution in [1.82, 2.24) is 4.98 Å². The zero-order chi connectivity index (χ0) is 20.6. The fraction of sp³-hybridized carbons (Fsp3) is 0.217. The predicted molar refractivity (Wildman–Crippen MR) is 119 cm³/mol. The van der Waals surface area contributed by atoms with Gasteiger partial charge in [-0.1, -0.05) is 43.1 Å². The molecule has 0 N–H and O–H groups in total. The van der Waals surface area contributed by atoms with Gasteiger partial charge in [0, 0.05) is 16.0 Å². The monoisotopic (exact) mass is 424 g/mol. The lowest BCUT2D eigenvalue weighted by molar-refractivity contribution is 0.288. The lowest BCUT2D eigenvalue weighted by Gasteiger charge is -2.11. The van der Waals surface area contributed by atoms with Crippen LogP contribution in [0.3, 0.4) is 0 Å². The summed E-state index contributed by atoms with van der Waals surface area (Å²) in [5.41, 5.74) is 3.13. The van der Waals surface area contributed by atoms with Crippen LogP contribution in [0.1, 0.15) is 30.3 Å². The molecule has 0 aliphatic carbocycles. The molecule has 0 amide bonds. The van der Waals surface area contributed by atoms with E-state index in [1.165, 1.54) is 11.3 Å². The van der Waals surface area contributed by atoms with Crippen LogP contribution in [0.2, 0.25) is 5.02 Å². The molecule has 6 heteroatoms. The van der Waals surface area contributed by atoms with E-state index < -0.39 is 0 Å². The Morgan fingerprint density at radius 2 is 2.00 bits per heavy atom. The first-order valence-electron chi connectivity index (χ1n) is 9.29. The van der Waals surface area contributed by atoms with Gasteiger partial charge < -0.3 is 9.47 Å². The Kier molecular flexibility index (Phi) is 7.29. The second-order valence-corrected chi connectivity index (χ2v) is 7.62. The van der Waals surface area contributed by atoms with Gasteiger partial charge in [-0.05, 0) is 42.3 Å². The number of rotatable bonds is 8. The minimum atomic E-state index is 0.497. The van der Waals surface area contributed by atoms with Crippen molar-refractivity contribution in [3.05, 3.63) is 63.4 Å². The normalized spacial score (nSPS) is 11.2. The van der Waals surface area contributed by atoms with Crippen molar-refractivity contribution in [2.24, 2.45) is 0 Å². The molecule has 1 heterocycles. The van der Waals surface area contributed by atoms with Crippen molar-refractivity contribution in [3.8, 4) is 28.8 Å². The summed E-state index contributed by atoms with van der Waals surface area (Å²) in [6.45, 7) is 2.77. The van der Waals surface area contributed by atoms with Gasteiger partial charge in [-0.25, -0.2) is 4.98 Å². The van der Waals surface area contributed by atoms with Crippen LogP contribution in [0.4, 0.5) is 0 Å². The molecule has 0 saturated heterocycles. The summed E-state index contributed by atoms with van der Waals surface area (Å²) in [4.78, 5) is 4.62. The van der Waals surface area contributed by atoms with Gasteiger partial charge in [0.25, 0.3) is 0 Å². The van der Waals surface area contributed by atoms with Gasteiger partial charge in [-0.2, -0.15) is 5.26 Å². The molecule has 1 aromatic heterocycles. The van der Waals surface area contributed by atoms with Crippen LogP contribution < -0.4 is 9.47 Å². The van der Waals surface area contributed by atoms with Crippen molar-refractivity contribution in [2.45, 2.75) is 19.8 Å². The second kappa shape index (κ2) is 10.1. The Labute approximate surface area is 180 Å². The van der Waals surface area contributed by atoms with Gasteiger partial charge >= 0.3 is 0 Å². The average Bonchev–Trinajstić information content (AvgIpc) is 3.23. The van der Waals surface area contributed by atoms with Gasteiger partial charge in [0.1, 0.15) is 11.1 Å². The van der Waals surface area contributed by atoms with Crippen LogP contribution in [-0.2, 0) is 0 Å². The number of benzene rings is 2. The number of allylic oxidation sites excluding steroid dienone is 1. The van der Waals surface area contributed by atoms with E-state index in [0.29, 0.717) is 33.7 Å². The number of hydrogen-bond acceptors (Lipinski definition) is 5. The molecule has 3 aromatic rings. The minimum absolute atomic E-state index is 0.497. The van der Waals surface area contributed by atoms with Gasteiger partial charge in [0.2, 0.25) is 0 Å². The lowest BCUT2D eigenvalue weighted by Crippen LogP contribution is -1.99. The van der Waals surface area contributed by atoms with E-state index in [0.717, 1.165) is 29.7 Å². The van der Waals surface area contributed by atoms with E-state index >= 15 is 0 Å². The van der Waals surface area contributed by atoms with E-state index in [1.807, 2.05) is 53.9 Å². The van der Waals surface area contributed by atoms with Crippen molar-refractivity contribution < 1.29 is 9.47 Å². The molecule has 0 aliphatic heterocycles. The highest BCUT2D eigenvalue weighted by Crippen LogP contribution is 2.31. The molecular weight excluding hydrogens is 404 g/mol. The maximum absolute atomic E-state index is 9.66. The molecule has 148 valence electrons. The maximum atomic E-state index is 9.66. The fourth-order valence-electron chi connectivity index (χ4n) is 2.68. The quantitative estimate of drug-likeness (QED) is 0.297. The molecule has 4 nitrogen and oxygen atoms in total. The van der Waals surface area contributed by atoms with Crippen molar-refractivity contribution in [3.63, 3.8) is 0 Å². The third-order valence-corrected chi connectivity index (χ3v) is 5.38. The van der Waals surface area contributed by atoms with E-state index in [-0.39, 0.29) is 0 Å². The number of methoxy groups -OCH3 is 1. The van der Waals surface area contributed by atoms with Crippen LogP contribution >= 0.6 is 22.9 Å². The number of halogens is 1. The van der Waals surface area contributed by atoms with Crippen LogP contribution in [0.5, 0.6) is 11.5 Å². The predicted octanol–water partition coefficient (Wildman–Crippen LogP) is 6.72. The van der Waals surface area contributed by atoms with Gasteiger partial charge in [0.15, 0.2) is 11.5 Å². The standard InChI is InChI=1S/C23H21ClN2O2S/c1-3-4-11-28-21-10-5-16(13-22(21)27-2)12-18(14-25)23-26-20(15-29-23)17-6-8-19(24)9-7-17/h5-10,12-13,15H,3-4,11H2,1-2H3. The highest BCUT2D eigenvalue weighted by Gasteiger charge is 2.11. The molecule has 0 fully saturated rings. The highest BCUT2D eigenvalue weighted by molar-refractivity contribution is 7.11. The van der Waals surface area contributed by atoms with Gasteiger partial charge in [0.05, 0.1) is 25.0 Å². The molecule has 2 aromatic carbocycles. The van der Waals surface area contributed by atoms with Gasteiger partial charge in [-0.3, -0.25) is 0 Å². The van der Waals surface area contributed by atoms with Crippen LogP contribution in [-0.4, -0.2) is 18.7 Å². The molecule has 0 aliphatic rings. The molecule has 0 bridgehead atoms. The molecular formula is C23H21ClN2O2S. The fourth-order valence-corrected chi connectivity index (χ4v) is 3.60. The molecule has 0 saturated carbocycles. The number of nitriles is 1. The summed E-state index contributed by atoms with van der Waals surface area (Å²) in [5, 5.41) is 12.9. The number of ether oxygens (including phenoxy) is 2. The Balaban J connectivity index is 1.84. The number of unbranched alkanes of at least 4 members (excludes halogenated alkanes) is 1. The van der Waals surface area contributed by atoms with Gasteiger partial charge in [-0.15, -0.1) is 11.3 Å². The summed E-state index contributed by atoms with van der Waals surface area (Å²) in [5.74, 6) is 1.35. The molecule has 29 heavy (non-hydrogen) atoms. The Hall–Kier alpha value is -2.81. The molecule has 0 unspecified atom stereocenters. The first-order chi connectivity index (χ1) is 14.1. The van der Waals surface area contributed by atoms with E-state index in [4.69, 9.17) is 21.1 Å². The summed E-state index contributed by atoms with van der Waals surface area (Å²) < 4.78 is 11.2. The summed E-state index contributed by atoms with van der Waals surface area (Å²) in [7, 11) is 1.61. The number of aromatic nitrogens is 1. The van der Waals surface area contributed by atoms with Crippen LogP contribution in [0, 0.1) is 11.3 Å². The zero-order valence-corrected chi connectivity index (χ0v) is 17.9. The first-order valence-corrected chi connectivity index (χ1v) is 10.5. The second-order valence-electron chi connectivity index (χ2n) is 6.33. The third kappa shape index (κ3) is 5.38. The Morgan fingerprint density at radius 1 is 1.21 bits per heavy atom. The third-order valence-electron chi connectivity index (χ3n) is 4.25. The summed E-state index contributed by atoms with van der Waals surface area (Å²) in [6, 6.07) is 15.4. The van der Waals surface area contributed by atoms with E-state index in [1.54, 1.807) is 7.11 Å². The molecule has 0 spiro atoms. The molecule has 0 atom stereocenters. The molecule has 3 rings (SSSR count). The van der Waals surface area contributed by atoms with E-state index in [9.17, 15) is 5.26 Å². The molecule has 0 radical (unpaired) electrons. The number of thiazole rings is 1. The van der Waals surface area contributed by atoms with Crippen molar-refractivity contribution >= 4 is 34.6 Å². The smallest absolute Gasteiger partial charge is 0.161 e. The Morgan fingerprint density at radius 3 is 2.69 bits per heavy atom. The zero-order valence-electron chi connectivity index (χ0n) is 16.3. The SMILES string of the molecule is CCCCOc1ccc(C=C(C#N)c2nc(-c3ccc(Cl)cc3)cs2)cc1OC. The topological polar surface area (TPSA) is 55.1 Å². The van der Waals surface area contributed by atoms with Crippen LogP contribution in [0.25, 0.3) is 22.9 Å². The van der Waals surface area contributed by atoms with Crippen LogP contribution in [0.15, 0.2) is 47.8 Å². The summed E-state index contributed by atoms with van der Waals surface area (Å²) >= 11 is 7.39. The summed E-state index contributed by atoms with van der Waals surface area (Å²) in [6.07, 6.45) is 3.87. The lowest BCUT2D eigenvalue weighted by atomic mass is 10.1. The average molecular weight is 425 g/mol. The van der Waals surface area contributed by atoms with Crippen molar-refractivity contribution in [2.75, 3.05) is 13.7 Å².